The van der Waals surface area contributed by atoms with Crippen molar-refractivity contribution in [1.29, 1.82) is 5.26 Å². The van der Waals surface area contributed by atoms with Crippen molar-refractivity contribution in [2.75, 3.05) is 13.1 Å². The largest absolute Gasteiger partial charge is 0.341 e. The molecule has 1 aliphatic heterocycles. The van der Waals surface area contributed by atoms with E-state index < -0.39 is 0 Å². The van der Waals surface area contributed by atoms with Gasteiger partial charge in [0.25, 0.3) is 0 Å². The van der Waals surface area contributed by atoms with Gasteiger partial charge < -0.3 is 4.90 Å². The highest BCUT2D eigenvalue weighted by atomic mass is 16.2. The van der Waals surface area contributed by atoms with Crippen LogP contribution in [-0.4, -0.2) is 23.9 Å². The highest BCUT2D eigenvalue weighted by Crippen LogP contribution is 2.37. The standard InChI is InChI=1S/C11H18N2O/c1-9(2)11(3)5-7-13(8-11)10(14)4-6-12/h9H,4-5,7-8H2,1-3H3/t11-/m1/s1. The van der Waals surface area contributed by atoms with Gasteiger partial charge >= 0.3 is 0 Å². The summed E-state index contributed by atoms with van der Waals surface area (Å²) in [5.41, 5.74) is 0.241. The van der Waals surface area contributed by atoms with Crippen molar-refractivity contribution in [1.82, 2.24) is 4.90 Å². The van der Waals surface area contributed by atoms with Gasteiger partial charge in [-0.1, -0.05) is 20.8 Å². The van der Waals surface area contributed by atoms with Gasteiger partial charge in [-0.15, -0.1) is 0 Å². The molecule has 1 aliphatic rings. The maximum Gasteiger partial charge on any atom is 0.236 e. The zero-order valence-corrected chi connectivity index (χ0v) is 9.21. The van der Waals surface area contributed by atoms with Crippen molar-refractivity contribution in [3.8, 4) is 6.07 Å². The molecule has 0 spiro atoms. The van der Waals surface area contributed by atoms with Gasteiger partial charge in [-0.2, -0.15) is 5.26 Å². The number of carbonyl (C=O) groups excluding carboxylic acids is 1. The van der Waals surface area contributed by atoms with Crippen molar-refractivity contribution in [3.05, 3.63) is 0 Å². The number of carbonyl (C=O) groups is 1. The van der Waals surface area contributed by atoms with Crippen LogP contribution < -0.4 is 0 Å². The average molecular weight is 194 g/mol. The summed E-state index contributed by atoms with van der Waals surface area (Å²) in [5.74, 6) is 0.569. The highest BCUT2D eigenvalue weighted by molar-refractivity contribution is 5.78. The minimum atomic E-state index is -0.0168. The fourth-order valence-electron chi connectivity index (χ4n) is 1.85. The Morgan fingerprint density at radius 3 is 2.71 bits per heavy atom. The van der Waals surface area contributed by atoms with Gasteiger partial charge in [0.15, 0.2) is 0 Å². The van der Waals surface area contributed by atoms with E-state index in [1.807, 2.05) is 11.0 Å². The first-order valence-electron chi connectivity index (χ1n) is 5.14. The van der Waals surface area contributed by atoms with E-state index in [1.54, 1.807) is 0 Å². The quantitative estimate of drug-likeness (QED) is 0.672. The summed E-state index contributed by atoms with van der Waals surface area (Å²) >= 11 is 0. The van der Waals surface area contributed by atoms with Gasteiger partial charge in [-0.3, -0.25) is 4.79 Å². The summed E-state index contributed by atoms with van der Waals surface area (Å²) in [4.78, 5) is 13.3. The lowest BCUT2D eigenvalue weighted by atomic mass is 9.78. The van der Waals surface area contributed by atoms with Gasteiger partial charge in [0.1, 0.15) is 6.42 Å². The van der Waals surface area contributed by atoms with Crippen LogP contribution in [0.4, 0.5) is 0 Å². The van der Waals surface area contributed by atoms with Gasteiger partial charge in [0.2, 0.25) is 5.91 Å². The lowest BCUT2D eigenvalue weighted by Gasteiger charge is -2.28. The molecule has 0 saturated carbocycles. The number of hydrogen-bond acceptors (Lipinski definition) is 2. The number of likely N-dealkylation sites (tertiary alicyclic amines) is 1. The molecule has 0 N–H and O–H groups in total. The molecular weight excluding hydrogens is 176 g/mol. The Labute approximate surface area is 85.7 Å². The normalized spacial score (nSPS) is 26.6. The summed E-state index contributed by atoms with van der Waals surface area (Å²) in [6.45, 7) is 8.23. The Hall–Kier alpha value is -1.04. The van der Waals surface area contributed by atoms with Crippen molar-refractivity contribution < 1.29 is 4.79 Å². The minimum Gasteiger partial charge on any atom is -0.341 e. The Bertz CT molecular complexity index is 267. The molecule has 0 aromatic heterocycles. The maximum atomic E-state index is 11.5. The van der Waals surface area contributed by atoms with E-state index in [1.165, 1.54) is 0 Å². The topological polar surface area (TPSA) is 44.1 Å². The average Bonchev–Trinajstić information content (AvgIpc) is 2.50. The van der Waals surface area contributed by atoms with E-state index >= 15 is 0 Å². The fourth-order valence-corrected chi connectivity index (χ4v) is 1.85. The molecule has 0 aromatic carbocycles. The van der Waals surface area contributed by atoms with Crippen LogP contribution in [0.1, 0.15) is 33.6 Å². The first kappa shape index (κ1) is 11.0. The second-order valence-corrected chi connectivity index (χ2v) is 4.71. The third-order valence-electron chi connectivity index (χ3n) is 3.48. The molecule has 3 heteroatoms. The van der Waals surface area contributed by atoms with E-state index in [2.05, 4.69) is 20.8 Å². The highest BCUT2D eigenvalue weighted by Gasteiger charge is 2.37. The lowest BCUT2D eigenvalue weighted by Crippen LogP contribution is -2.32. The molecular formula is C11H18N2O. The molecule has 1 rings (SSSR count). The van der Waals surface area contributed by atoms with Crippen LogP contribution in [0, 0.1) is 22.7 Å². The van der Waals surface area contributed by atoms with E-state index in [0.717, 1.165) is 19.5 Å². The molecule has 1 fully saturated rings. The van der Waals surface area contributed by atoms with Crippen molar-refractivity contribution >= 4 is 5.91 Å². The fraction of sp³-hybridized carbons (Fsp3) is 0.818. The number of amides is 1. The first-order chi connectivity index (χ1) is 6.49. The van der Waals surface area contributed by atoms with Crippen LogP contribution in [0.2, 0.25) is 0 Å². The summed E-state index contributed by atoms with van der Waals surface area (Å²) in [7, 11) is 0. The first-order valence-corrected chi connectivity index (χ1v) is 5.14. The number of nitriles is 1. The molecule has 0 bridgehead atoms. The molecule has 3 nitrogen and oxygen atoms in total. The lowest BCUT2D eigenvalue weighted by molar-refractivity contribution is -0.129. The second-order valence-electron chi connectivity index (χ2n) is 4.71. The van der Waals surface area contributed by atoms with Crippen LogP contribution in [0.25, 0.3) is 0 Å². The molecule has 0 unspecified atom stereocenters. The van der Waals surface area contributed by atoms with Gasteiger partial charge in [-0.05, 0) is 17.8 Å². The van der Waals surface area contributed by atoms with Gasteiger partial charge in [-0.25, -0.2) is 0 Å². The summed E-state index contributed by atoms with van der Waals surface area (Å²) in [5, 5.41) is 8.44. The van der Waals surface area contributed by atoms with Crippen molar-refractivity contribution in [2.45, 2.75) is 33.6 Å². The predicted octanol–water partition coefficient (Wildman–Crippen LogP) is 1.79. The van der Waals surface area contributed by atoms with Crippen LogP contribution in [0.15, 0.2) is 0 Å². The van der Waals surface area contributed by atoms with Crippen LogP contribution >= 0.6 is 0 Å². The monoisotopic (exact) mass is 194 g/mol. The molecule has 0 radical (unpaired) electrons. The third-order valence-corrected chi connectivity index (χ3v) is 3.48. The SMILES string of the molecule is CC(C)[C@]1(C)CCN(C(=O)CC#N)C1. The van der Waals surface area contributed by atoms with Gasteiger partial charge in [0.05, 0.1) is 6.07 Å². The molecule has 0 aromatic rings. The zero-order valence-electron chi connectivity index (χ0n) is 9.21. The Morgan fingerprint density at radius 1 is 1.64 bits per heavy atom. The van der Waals surface area contributed by atoms with Gasteiger partial charge in [0, 0.05) is 13.1 Å². The van der Waals surface area contributed by atoms with Crippen LogP contribution in [-0.2, 0) is 4.79 Å². The molecule has 1 amide bonds. The molecule has 14 heavy (non-hydrogen) atoms. The van der Waals surface area contributed by atoms with E-state index in [0.29, 0.717) is 5.92 Å². The number of nitrogens with zero attached hydrogens (tertiary/aromatic N) is 2. The third kappa shape index (κ3) is 2.06. The van der Waals surface area contributed by atoms with Crippen molar-refractivity contribution in [2.24, 2.45) is 11.3 Å². The van der Waals surface area contributed by atoms with E-state index in [4.69, 9.17) is 5.26 Å². The summed E-state index contributed by atoms with van der Waals surface area (Å²) < 4.78 is 0. The molecule has 1 atom stereocenters. The Balaban J connectivity index is 2.57. The summed E-state index contributed by atoms with van der Waals surface area (Å²) in [6, 6.07) is 1.91. The van der Waals surface area contributed by atoms with Crippen LogP contribution in [0.3, 0.4) is 0 Å². The number of hydrogen-bond donors (Lipinski definition) is 0. The molecule has 1 heterocycles. The molecule has 0 aliphatic carbocycles. The van der Waals surface area contributed by atoms with Crippen LogP contribution in [0.5, 0.6) is 0 Å². The summed E-state index contributed by atoms with van der Waals surface area (Å²) in [6.07, 6.45) is 1.08. The molecule has 78 valence electrons. The maximum absolute atomic E-state index is 11.5. The Kier molecular flexibility index (Phi) is 3.15. The van der Waals surface area contributed by atoms with E-state index in [-0.39, 0.29) is 17.7 Å². The number of rotatable bonds is 2. The molecule has 1 saturated heterocycles. The smallest absolute Gasteiger partial charge is 0.236 e. The predicted molar refractivity (Wildman–Crippen MR) is 54.4 cm³/mol. The van der Waals surface area contributed by atoms with Crippen molar-refractivity contribution in [3.63, 3.8) is 0 Å². The minimum absolute atomic E-state index is 0.0168. The van der Waals surface area contributed by atoms with E-state index in [9.17, 15) is 4.79 Å². The second kappa shape index (κ2) is 4.00. The Morgan fingerprint density at radius 2 is 2.29 bits per heavy atom. The zero-order chi connectivity index (χ0) is 10.8.